The van der Waals surface area contributed by atoms with Gasteiger partial charge in [0.2, 0.25) is 0 Å². The molecular weight excluding hydrogens is 253 g/mol. The Labute approximate surface area is 109 Å². The quantitative estimate of drug-likeness (QED) is 0.907. The zero-order valence-corrected chi connectivity index (χ0v) is 10.3. The second-order valence-electron chi connectivity index (χ2n) is 4.27. The highest BCUT2D eigenvalue weighted by molar-refractivity contribution is 5.37. The Morgan fingerprint density at radius 1 is 1.16 bits per heavy atom. The molecule has 1 aromatic carbocycles. The first-order chi connectivity index (χ1) is 8.95. The van der Waals surface area contributed by atoms with Gasteiger partial charge in [0.05, 0.1) is 5.56 Å². The van der Waals surface area contributed by atoms with Crippen molar-refractivity contribution >= 4 is 5.82 Å². The maximum Gasteiger partial charge on any atom is 0.417 e. The summed E-state index contributed by atoms with van der Waals surface area (Å²) in [4.78, 5) is 3.75. The summed E-state index contributed by atoms with van der Waals surface area (Å²) < 4.78 is 37.1. The zero-order chi connectivity index (χ0) is 13.9. The highest BCUT2D eigenvalue weighted by Crippen LogP contribution is 2.28. The van der Waals surface area contributed by atoms with Crippen molar-refractivity contribution in [3.63, 3.8) is 0 Å². The molecule has 5 heteroatoms. The van der Waals surface area contributed by atoms with Gasteiger partial charge in [0.15, 0.2) is 0 Å². The number of pyridine rings is 1. The number of rotatable bonds is 3. The van der Waals surface area contributed by atoms with Crippen LogP contribution in [0.4, 0.5) is 19.0 Å². The fourth-order valence-electron chi connectivity index (χ4n) is 1.68. The zero-order valence-electron chi connectivity index (χ0n) is 10.3. The number of anilines is 1. The van der Waals surface area contributed by atoms with E-state index < -0.39 is 11.7 Å². The molecule has 19 heavy (non-hydrogen) atoms. The van der Waals surface area contributed by atoms with Crippen molar-refractivity contribution in [1.29, 1.82) is 0 Å². The molecule has 0 radical (unpaired) electrons. The van der Waals surface area contributed by atoms with Gasteiger partial charge in [0.25, 0.3) is 0 Å². The molecule has 0 bridgehead atoms. The van der Waals surface area contributed by atoms with Crippen LogP contribution >= 0.6 is 0 Å². The van der Waals surface area contributed by atoms with Gasteiger partial charge in [-0.25, -0.2) is 4.98 Å². The van der Waals surface area contributed by atoms with Crippen molar-refractivity contribution in [1.82, 2.24) is 4.98 Å². The van der Waals surface area contributed by atoms with Gasteiger partial charge in [-0.2, -0.15) is 13.2 Å². The average Bonchev–Trinajstić information content (AvgIpc) is 2.36. The molecule has 0 unspecified atom stereocenters. The summed E-state index contributed by atoms with van der Waals surface area (Å²) >= 11 is 0. The van der Waals surface area contributed by atoms with E-state index in [1.54, 1.807) is 0 Å². The van der Waals surface area contributed by atoms with E-state index >= 15 is 0 Å². The lowest BCUT2D eigenvalue weighted by molar-refractivity contribution is -0.137. The maximum absolute atomic E-state index is 12.4. The van der Waals surface area contributed by atoms with Crippen LogP contribution < -0.4 is 5.32 Å². The first-order valence-corrected chi connectivity index (χ1v) is 5.78. The number of aromatic nitrogens is 1. The van der Waals surface area contributed by atoms with Crippen LogP contribution in [0.3, 0.4) is 0 Å². The first-order valence-electron chi connectivity index (χ1n) is 5.78. The topological polar surface area (TPSA) is 24.9 Å². The Morgan fingerprint density at radius 2 is 1.95 bits per heavy atom. The predicted octanol–water partition coefficient (Wildman–Crippen LogP) is 4.02. The van der Waals surface area contributed by atoms with Crippen molar-refractivity contribution in [3.8, 4) is 0 Å². The summed E-state index contributed by atoms with van der Waals surface area (Å²) in [5, 5.41) is 2.99. The highest BCUT2D eigenvalue weighted by atomic mass is 19.4. The lowest BCUT2D eigenvalue weighted by atomic mass is 10.1. The Bertz CT molecular complexity index is 547. The molecule has 0 saturated carbocycles. The molecule has 1 N–H and O–H groups in total. The average molecular weight is 266 g/mol. The fourth-order valence-corrected chi connectivity index (χ4v) is 1.68. The van der Waals surface area contributed by atoms with Gasteiger partial charge in [0, 0.05) is 12.7 Å². The second kappa shape index (κ2) is 5.30. The van der Waals surface area contributed by atoms with Crippen molar-refractivity contribution < 1.29 is 13.2 Å². The molecule has 2 rings (SSSR count). The Hall–Kier alpha value is -2.04. The van der Waals surface area contributed by atoms with Crippen LogP contribution in [0.1, 0.15) is 16.7 Å². The number of nitrogens with one attached hydrogen (secondary N) is 1. The van der Waals surface area contributed by atoms with Crippen LogP contribution in [0.2, 0.25) is 0 Å². The van der Waals surface area contributed by atoms with Crippen LogP contribution in [-0.2, 0) is 12.7 Å². The van der Waals surface area contributed by atoms with Crippen molar-refractivity contribution in [2.75, 3.05) is 5.32 Å². The molecule has 0 amide bonds. The maximum atomic E-state index is 12.4. The van der Waals surface area contributed by atoms with Gasteiger partial charge in [-0.1, -0.05) is 29.8 Å². The number of alkyl halides is 3. The summed E-state index contributed by atoms with van der Waals surface area (Å²) in [6.07, 6.45) is -3.51. The van der Waals surface area contributed by atoms with E-state index in [0.29, 0.717) is 12.4 Å². The molecule has 2 nitrogen and oxygen atoms in total. The van der Waals surface area contributed by atoms with E-state index in [9.17, 15) is 13.2 Å². The number of nitrogens with zero attached hydrogens (tertiary/aromatic N) is 1. The van der Waals surface area contributed by atoms with Gasteiger partial charge in [-0.05, 0) is 24.6 Å². The van der Waals surface area contributed by atoms with E-state index in [0.717, 1.165) is 23.4 Å². The summed E-state index contributed by atoms with van der Waals surface area (Å²) in [5.74, 6) is 0.425. The molecule has 0 aliphatic carbocycles. The van der Waals surface area contributed by atoms with Crippen LogP contribution in [0.5, 0.6) is 0 Å². The van der Waals surface area contributed by atoms with Crippen LogP contribution in [0.25, 0.3) is 0 Å². The minimum Gasteiger partial charge on any atom is -0.366 e. The Morgan fingerprint density at radius 3 is 2.53 bits per heavy atom. The van der Waals surface area contributed by atoms with Gasteiger partial charge in [-0.3, -0.25) is 0 Å². The minimum absolute atomic E-state index is 0.425. The number of hydrogen-bond acceptors (Lipinski definition) is 2. The van der Waals surface area contributed by atoms with E-state index in [4.69, 9.17) is 0 Å². The third-order valence-electron chi connectivity index (χ3n) is 2.65. The second-order valence-corrected chi connectivity index (χ2v) is 4.27. The summed E-state index contributed by atoms with van der Waals surface area (Å²) in [5.41, 5.74) is 1.45. The molecule has 0 aliphatic heterocycles. The summed E-state index contributed by atoms with van der Waals surface area (Å²) in [7, 11) is 0. The summed E-state index contributed by atoms with van der Waals surface area (Å²) in [6, 6.07) is 10.2. The molecule has 0 aliphatic rings. The molecule has 0 spiro atoms. The smallest absolute Gasteiger partial charge is 0.366 e. The highest BCUT2D eigenvalue weighted by Gasteiger charge is 2.30. The molecule has 1 heterocycles. The lowest BCUT2D eigenvalue weighted by Crippen LogP contribution is -2.07. The van der Waals surface area contributed by atoms with Gasteiger partial charge >= 0.3 is 6.18 Å². The van der Waals surface area contributed by atoms with Gasteiger partial charge in [0.1, 0.15) is 5.82 Å². The van der Waals surface area contributed by atoms with Crippen molar-refractivity contribution in [2.24, 2.45) is 0 Å². The third-order valence-corrected chi connectivity index (χ3v) is 2.65. The third kappa shape index (κ3) is 3.71. The van der Waals surface area contributed by atoms with E-state index in [1.807, 2.05) is 31.2 Å². The standard InChI is InChI=1S/C14H13F3N2/c1-10-3-2-4-11(7-10)8-18-13-6-5-12(9-19-13)14(15,16)17/h2-7,9H,8H2,1H3,(H,18,19). The van der Waals surface area contributed by atoms with Gasteiger partial charge < -0.3 is 5.32 Å². The summed E-state index contributed by atoms with van der Waals surface area (Å²) in [6.45, 7) is 2.51. The molecule has 100 valence electrons. The van der Waals surface area contributed by atoms with E-state index in [1.165, 1.54) is 6.07 Å². The number of hydrogen-bond donors (Lipinski definition) is 1. The fraction of sp³-hybridized carbons (Fsp3) is 0.214. The Balaban J connectivity index is 2.01. The first kappa shape index (κ1) is 13.4. The molecule has 0 atom stereocenters. The SMILES string of the molecule is Cc1cccc(CNc2ccc(C(F)(F)F)cn2)c1. The van der Waals surface area contributed by atoms with Crippen LogP contribution in [0, 0.1) is 6.92 Å². The normalized spacial score (nSPS) is 11.4. The minimum atomic E-state index is -4.35. The number of halogens is 3. The van der Waals surface area contributed by atoms with E-state index in [2.05, 4.69) is 10.3 Å². The van der Waals surface area contributed by atoms with E-state index in [-0.39, 0.29) is 0 Å². The van der Waals surface area contributed by atoms with Crippen LogP contribution in [0.15, 0.2) is 42.6 Å². The molecule has 1 aromatic heterocycles. The number of benzene rings is 1. The largest absolute Gasteiger partial charge is 0.417 e. The Kier molecular flexibility index (Phi) is 3.74. The molecule has 0 fully saturated rings. The molecule has 2 aromatic rings. The van der Waals surface area contributed by atoms with Crippen molar-refractivity contribution in [3.05, 3.63) is 59.3 Å². The van der Waals surface area contributed by atoms with Crippen LogP contribution in [-0.4, -0.2) is 4.98 Å². The predicted molar refractivity (Wildman–Crippen MR) is 67.7 cm³/mol. The van der Waals surface area contributed by atoms with Gasteiger partial charge in [-0.15, -0.1) is 0 Å². The lowest BCUT2D eigenvalue weighted by Gasteiger charge is -2.09. The molecule has 0 saturated heterocycles. The number of aryl methyl sites for hydroxylation is 1. The monoisotopic (exact) mass is 266 g/mol. The molecular formula is C14H13F3N2. The van der Waals surface area contributed by atoms with Crippen molar-refractivity contribution in [2.45, 2.75) is 19.6 Å².